The van der Waals surface area contributed by atoms with Gasteiger partial charge in [-0.3, -0.25) is 0 Å². The smallest absolute Gasteiger partial charge is 0.305 e. The standard InChI is InChI=1S/C17H13ClF3N3S/c1-24-15(13-7-2-3-8-14(13)18)22-23-16(24)25-10-11-5-4-6-12(9-11)17(19,20)21/h2-9H,10H2,1H3. The normalized spacial score (nSPS) is 11.7. The highest BCUT2D eigenvalue weighted by atomic mass is 35.5. The van der Waals surface area contributed by atoms with Crippen molar-refractivity contribution in [3.8, 4) is 11.4 Å². The average molecular weight is 384 g/mol. The van der Waals surface area contributed by atoms with Crippen molar-refractivity contribution in [2.45, 2.75) is 17.1 Å². The van der Waals surface area contributed by atoms with Crippen molar-refractivity contribution in [1.29, 1.82) is 0 Å². The van der Waals surface area contributed by atoms with Crippen LogP contribution in [-0.2, 0) is 19.0 Å². The number of aromatic nitrogens is 3. The van der Waals surface area contributed by atoms with Crippen LogP contribution in [0.1, 0.15) is 11.1 Å². The van der Waals surface area contributed by atoms with Crippen molar-refractivity contribution in [2.24, 2.45) is 7.05 Å². The first kappa shape index (κ1) is 17.8. The lowest BCUT2D eigenvalue weighted by Gasteiger charge is -2.08. The van der Waals surface area contributed by atoms with Gasteiger partial charge < -0.3 is 4.57 Å². The Morgan fingerprint density at radius 1 is 1.08 bits per heavy atom. The lowest BCUT2D eigenvalue weighted by atomic mass is 10.1. The number of rotatable bonds is 4. The van der Waals surface area contributed by atoms with Crippen LogP contribution in [0.5, 0.6) is 0 Å². The Morgan fingerprint density at radius 3 is 2.56 bits per heavy atom. The minimum atomic E-state index is -4.34. The van der Waals surface area contributed by atoms with Gasteiger partial charge in [-0.15, -0.1) is 10.2 Å². The van der Waals surface area contributed by atoms with E-state index in [1.807, 2.05) is 18.2 Å². The van der Waals surface area contributed by atoms with Gasteiger partial charge in [0, 0.05) is 18.4 Å². The van der Waals surface area contributed by atoms with Crippen molar-refractivity contribution in [3.63, 3.8) is 0 Å². The third kappa shape index (κ3) is 3.99. The maximum Gasteiger partial charge on any atom is 0.416 e. The quantitative estimate of drug-likeness (QED) is 0.561. The van der Waals surface area contributed by atoms with Gasteiger partial charge in [0.05, 0.1) is 10.6 Å². The average Bonchev–Trinajstić information content (AvgIpc) is 2.94. The predicted octanol–water partition coefficient (Wildman–Crippen LogP) is 5.45. The second-order valence-corrected chi connectivity index (χ2v) is 6.68. The zero-order valence-electron chi connectivity index (χ0n) is 13.1. The van der Waals surface area contributed by atoms with Crippen LogP contribution in [0, 0.1) is 0 Å². The van der Waals surface area contributed by atoms with E-state index in [1.54, 1.807) is 23.7 Å². The van der Waals surface area contributed by atoms with E-state index in [1.165, 1.54) is 17.8 Å². The van der Waals surface area contributed by atoms with Gasteiger partial charge in [-0.25, -0.2) is 0 Å². The Morgan fingerprint density at radius 2 is 1.84 bits per heavy atom. The van der Waals surface area contributed by atoms with Crippen LogP contribution < -0.4 is 0 Å². The summed E-state index contributed by atoms with van der Waals surface area (Å²) >= 11 is 7.50. The van der Waals surface area contributed by atoms with E-state index in [4.69, 9.17) is 11.6 Å². The molecule has 0 unspecified atom stereocenters. The summed E-state index contributed by atoms with van der Waals surface area (Å²) in [5.41, 5.74) is 0.674. The van der Waals surface area contributed by atoms with Crippen molar-refractivity contribution in [1.82, 2.24) is 14.8 Å². The van der Waals surface area contributed by atoms with Crippen molar-refractivity contribution in [3.05, 3.63) is 64.7 Å². The highest BCUT2D eigenvalue weighted by molar-refractivity contribution is 7.98. The van der Waals surface area contributed by atoms with E-state index in [9.17, 15) is 13.2 Å². The maximum atomic E-state index is 12.8. The fourth-order valence-electron chi connectivity index (χ4n) is 2.30. The van der Waals surface area contributed by atoms with Crippen LogP contribution in [0.2, 0.25) is 5.02 Å². The van der Waals surface area contributed by atoms with Crippen LogP contribution in [0.15, 0.2) is 53.7 Å². The molecule has 0 atom stereocenters. The van der Waals surface area contributed by atoms with Gasteiger partial charge in [0.1, 0.15) is 0 Å². The molecule has 0 spiro atoms. The van der Waals surface area contributed by atoms with Crippen LogP contribution in [0.4, 0.5) is 13.2 Å². The summed E-state index contributed by atoms with van der Waals surface area (Å²) < 4.78 is 40.1. The molecule has 8 heteroatoms. The van der Waals surface area contributed by atoms with Crippen LogP contribution >= 0.6 is 23.4 Å². The number of nitrogens with zero attached hydrogens (tertiary/aromatic N) is 3. The van der Waals surface area contributed by atoms with Gasteiger partial charge in [0.15, 0.2) is 11.0 Å². The summed E-state index contributed by atoms with van der Waals surface area (Å²) in [7, 11) is 1.80. The molecule has 0 aliphatic heterocycles. The van der Waals surface area contributed by atoms with Gasteiger partial charge in [-0.1, -0.05) is 53.7 Å². The Bertz CT molecular complexity index is 893. The van der Waals surface area contributed by atoms with E-state index in [-0.39, 0.29) is 0 Å². The largest absolute Gasteiger partial charge is 0.416 e. The van der Waals surface area contributed by atoms with Gasteiger partial charge in [-0.05, 0) is 23.8 Å². The Balaban J connectivity index is 1.78. The lowest BCUT2D eigenvalue weighted by Crippen LogP contribution is -2.05. The number of thioether (sulfide) groups is 1. The molecule has 0 amide bonds. The molecule has 0 fully saturated rings. The summed E-state index contributed by atoms with van der Waals surface area (Å²) in [5.74, 6) is 0.968. The van der Waals surface area contributed by atoms with E-state index in [0.29, 0.717) is 27.3 Å². The van der Waals surface area contributed by atoms with Crippen molar-refractivity contribution < 1.29 is 13.2 Å². The molecule has 2 aromatic carbocycles. The van der Waals surface area contributed by atoms with Crippen LogP contribution in [0.3, 0.4) is 0 Å². The third-order valence-electron chi connectivity index (χ3n) is 3.57. The molecule has 1 aromatic heterocycles. The lowest BCUT2D eigenvalue weighted by molar-refractivity contribution is -0.137. The molecule has 0 bridgehead atoms. The second-order valence-electron chi connectivity index (χ2n) is 5.33. The highest BCUT2D eigenvalue weighted by Gasteiger charge is 2.30. The number of benzene rings is 2. The van der Waals surface area contributed by atoms with E-state index < -0.39 is 11.7 Å². The molecule has 0 radical (unpaired) electrons. The molecular weight excluding hydrogens is 371 g/mol. The van der Waals surface area contributed by atoms with Crippen molar-refractivity contribution in [2.75, 3.05) is 0 Å². The topological polar surface area (TPSA) is 30.7 Å². The number of hydrogen-bond acceptors (Lipinski definition) is 3. The summed E-state index contributed by atoms with van der Waals surface area (Å²) in [6.45, 7) is 0. The molecule has 0 aliphatic rings. The molecule has 0 saturated carbocycles. The van der Waals surface area contributed by atoms with E-state index >= 15 is 0 Å². The van der Waals surface area contributed by atoms with E-state index in [0.717, 1.165) is 17.7 Å². The molecular formula is C17H13ClF3N3S. The molecule has 0 saturated heterocycles. The zero-order chi connectivity index (χ0) is 18.0. The minimum Gasteiger partial charge on any atom is -0.305 e. The van der Waals surface area contributed by atoms with Gasteiger partial charge in [-0.2, -0.15) is 13.2 Å². The molecule has 0 N–H and O–H groups in total. The number of halogens is 4. The fraction of sp³-hybridized carbons (Fsp3) is 0.176. The van der Waals surface area contributed by atoms with Gasteiger partial charge in [0.25, 0.3) is 0 Å². The first-order valence-corrected chi connectivity index (χ1v) is 8.66. The van der Waals surface area contributed by atoms with Gasteiger partial charge >= 0.3 is 6.18 Å². The maximum absolute atomic E-state index is 12.8. The summed E-state index contributed by atoms with van der Waals surface area (Å²) in [6, 6.07) is 12.6. The molecule has 3 nitrogen and oxygen atoms in total. The molecule has 0 aliphatic carbocycles. The summed E-state index contributed by atoms with van der Waals surface area (Å²) in [4.78, 5) is 0. The molecule has 130 valence electrons. The summed E-state index contributed by atoms with van der Waals surface area (Å²) in [6.07, 6.45) is -4.34. The Hall–Kier alpha value is -1.99. The molecule has 3 rings (SSSR count). The van der Waals surface area contributed by atoms with Crippen LogP contribution in [-0.4, -0.2) is 14.8 Å². The van der Waals surface area contributed by atoms with Crippen LogP contribution in [0.25, 0.3) is 11.4 Å². The first-order chi connectivity index (χ1) is 11.9. The molecule has 3 aromatic rings. The monoisotopic (exact) mass is 383 g/mol. The van der Waals surface area contributed by atoms with E-state index in [2.05, 4.69) is 10.2 Å². The third-order valence-corrected chi connectivity index (χ3v) is 4.99. The number of alkyl halides is 3. The summed E-state index contributed by atoms with van der Waals surface area (Å²) in [5, 5.41) is 9.42. The Kier molecular flexibility index (Phi) is 5.06. The Labute approximate surface area is 151 Å². The van der Waals surface area contributed by atoms with Gasteiger partial charge in [0.2, 0.25) is 0 Å². The highest BCUT2D eigenvalue weighted by Crippen LogP contribution is 2.32. The predicted molar refractivity (Wildman–Crippen MR) is 92.5 cm³/mol. The number of hydrogen-bond donors (Lipinski definition) is 0. The second kappa shape index (κ2) is 7.09. The molecule has 25 heavy (non-hydrogen) atoms. The first-order valence-electron chi connectivity index (χ1n) is 7.29. The minimum absolute atomic E-state index is 0.360. The fourth-order valence-corrected chi connectivity index (χ4v) is 3.38. The van der Waals surface area contributed by atoms with Crippen molar-refractivity contribution >= 4 is 23.4 Å². The SMILES string of the molecule is Cn1c(SCc2cccc(C(F)(F)F)c2)nnc1-c1ccccc1Cl. The zero-order valence-corrected chi connectivity index (χ0v) is 14.7. The molecule has 1 heterocycles.